The Bertz CT molecular complexity index is 562. The average Bonchev–Trinajstić information content (AvgIpc) is 3.10. The van der Waals surface area contributed by atoms with Gasteiger partial charge in [-0.1, -0.05) is 19.1 Å². The van der Waals surface area contributed by atoms with Gasteiger partial charge >= 0.3 is 11.9 Å². The summed E-state index contributed by atoms with van der Waals surface area (Å²) in [5.74, 6) is -0.808. The summed E-state index contributed by atoms with van der Waals surface area (Å²) < 4.78 is 10.9. The zero-order valence-corrected chi connectivity index (χ0v) is 15.2. The van der Waals surface area contributed by atoms with Gasteiger partial charge in [-0.3, -0.25) is 14.4 Å². The summed E-state index contributed by atoms with van der Waals surface area (Å²) in [5, 5.41) is 0. The molecule has 0 bridgehead atoms. The van der Waals surface area contributed by atoms with Crippen LogP contribution in [0.15, 0.2) is 24.3 Å². The van der Waals surface area contributed by atoms with Gasteiger partial charge in [0.05, 0.1) is 5.92 Å². The Kier molecular flexibility index (Phi) is 6.97. The molecule has 3 atom stereocenters. The lowest BCUT2D eigenvalue weighted by atomic mass is 9.82. The Hall–Kier alpha value is -1.91. The van der Waals surface area contributed by atoms with Crippen molar-refractivity contribution < 1.29 is 23.9 Å². The third-order valence-corrected chi connectivity index (χ3v) is 4.88. The summed E-state index contributed by atoms with van der Waals surface area (Å²) in [6.45, 7) is 3.43. The van der Waals surface area contributed by atoms with Crippen molar-refractivity contribution >= 4 is 17.7 Å². The lowest BCUT2D eigenvalue weighted by molar-refractivity contribution is -0.158. The number of unbranched alkanes of at least 4 members (excludes halogenated alkanes) is 1. The fourth-order valence-electron chi connectivity index (χ4n) is 3.65. The molecule has 0 aromatic heterocycles. The van der Waals surface area contributed by atoms with E-state index in [9.17, 15) is 14.4 Å². The summed E-state index contributed by atoms with van der Waals surface area (Å²) >= 11 is 0. The van der Waals surface area contributed by atoms with Crippen molar-refractivity contribution in [2.75, 3.05) is 0 Å². The molecule has 138 valence electrons. The van der Waals surface area contributed by atoms with E-state index in [1.54, 1.807) is 12.2 Å². The highest BCUT2D eigenvalue weighted by molar-refractivity contribution is 5.96. The van der Waals surface area contributed by atoms with Crippen molar-refractivity contribution in [2.24, 2.45) is 5.92 Å². The normalized spacial score (nSPS) is 28.7. The van der Waals surface area contributed by atoms with Crippen LogP contribution in [0, 0.1) is 5.92 Å². The Balaban J connectivity index is 1.94. The molecule has 0 amide bonds. The first-order valence-corrected chi connectivity index (χ1v) is 9.24. The summed E-state index contributed by atoms with van der Waals surface area (Å²) in [7, 11) is 0. The zero-order chi connectivity index (χ0) is 18.3. The van der Waals surface area contributed by atoms with Crippen LogP contribution < -0.4 is 0 Å². The second-order valence-corrected chi connectivity index (χ2v) is 6.85. The van der Waals surface area contributed by atoms with Crippen LogP contribution in [0.3, 0.4) is 0 Å². The Morgan fingerprint density at radius 3 is 2.80 bits per heavy atom. The van der Waals surface area contributed by atoms with E-state index in [-0.39, 0.29) is 29.7 Å². The van der Waals surface area contributed by atoms with Crippen LogP contribution in [0.5, 0.6) is 0 Å². The minimum atomic E-state index is -0.840. The topological polar surface area (TPSA) is 69.7 Å². The molecule has 0 radical (unpaired) electrons. The minimum Gasteiger partial charge on any atom is -0.462 e. The molecule has 1 aliphatic heterocycles. The average molecular weight is 348 g/mol. The van der Waals surface area contributed by atoms with Crippen LogP contribution in [0.1, 0.15) is 65.2 Å². The molecule has 25 heavy (non-hydrogen) atoms. The third-order valence-electron chi connectivity index (χ3n) is 4.88. The van der Waals surface area contributed by atoms with Crippen molar-refractivity contribution in [3.05, 3.63) is 24.3 Å². The largest absolute Gasteiger partial charge is 0.462 e. The molecule has 0 spiro atoms. The molecular formula is C20H28O5. The fourth-order valence-corrected chi connectivity index (χ4v) is 3.65. The number of esters is 2. The molecule has 5 nitrogen and oxygen atoms in total. The second kappa shape index (κ2) is 8.97. The first kappa shape index (κ1) is 19.4. The Morgan fingerprint density at radius 2 is 2.16 bits per heavy atom. The van der Waals surface area contributed by atoms with E-state index < -0.39 is 5.60 Å². The van der Waals surface area contributed by atoms with Gasteiger partial charge < -0.3 is 9.47 Å². The molecule has 1 aliphatic carbocycles. The number of allylic oxidation sites excluding steroid dienone is 3. The van der Waals surface area contributed by atoms with E-state index in [4.69, 9.17) is 9.47 Å². The van der Waals surface area contributed by atoms with Crippen molar-refractivity contribution in [3.8, 4) is 0 Å². The van der Waals surface area contributed by atoms with Crippen LogP contribution in [0.2, 0.25) is 0 Å². The summed E-state index contributed by atoms with van der Waals surface area (Å²) in [6.07, 6.45) is 13.2. The molecule has 2 rings (SSSR count). The van der Waals surface area contributed by atoms with Gasteiger partial charge in [0.25, 0.3) is 0 Å². The molecule has 1 saturated heterocycles. The standard InChI is InChI=1S/C20H28O5/c1-3-4-5-9-17-18(22)12-14-20(17,25-15(2)21)13-7-6-8-16-10-11-19(23)24-16/h4-5,12,14,16-17H,3,6-11,13H2,1-2H3/b5-4-/t16-,17+,20+/m1/s1. The fraction of sp³-hybridized carbons (Fsp3) is 0.650. The van der Waals surface area contributed by atoms with E-state index in [2.05, 4.69) is 0 Å². The maximum absolute atomic E-state index is 12.3. The molecule has 1 fully saturated rings. The highest BCUT2D eigenvalue weighted by Crippen LogP contribution is 2.38. The molecule has 0 saturated carbocycles. The van der Waals surface area contributed by atoms with Gasteiger partial charge in [0.2, 0.25) is 0 Å². The highest BCUT2D eigenvalue weighted by Gasteiger charge is 2.46. The molecular weight excluding hydrogens is 320 g/mol. The smallest absolute Gasteiger partial charge is 0.306 e. The van der Waals surface area contributed by atoms with Gasteiger partial charge in [-0.05, 0) is 57.1 Å². The monoisotopic (exact) mass is 348 g/mol. The summed E-state index contributed by atoms with van der Waals surface area (Å²) in [6, 6.07) is 0. The minimum absolute atomic E-state index is 0.0150. The van der Waals surface area contributed by atoms with Crippen LogP contribution in [-0.4, -0.2) is 29.4 Å². The molecule has 0 aromatic rings. The van der Waals surface area contributed by atoms with Gasteiger partial charge in [-0.25, -0.2) is 0 Å². The van der Waals surface area contributed by atoms with Crippen molar-refractivity contribution in [1.82, 2.24) is 0 Å². The van der Waals surface area contributed by atoms with Crippen molar-refractivity contribution in [2.45, 2.75) is 76.9 Å². The van der Waals surface area contributed by atoms with Crippen LogP contribution in [0.4, 0.5) is 0 Å². The van der Waals surface area contributed by atoms with E-state index >= 15 is 0 Å². The lowest BCUT2D eigenvalue weighted by Crippen LogP contribution is -2.40. The van der Waals surface area contributed by atoms with E-state index in [1.165, 1.54) is 6.92 Å². The summed E-state index contributed by atoms with van der Waals surface area (Å²) in [5.41, 5.74) is -0.840. The second-order valence-electron chi connectivity index (χ2n) is 6.85. The Labute approximate surface area is 149 Å². The van der Waals surface area contributed by atoms with E-state index in [0.717, 1.165) is 32.1 Å². The maximum Gasteiger partial charge on any atom is 0.306 e. The zero-order valence-electron chi connectivity index (χ0n) is 15.2. The number of cyclic esters (lactones) is 1. The number of carbonyl (C=O) groups excluding carboxylic acids is 3. The number of carbonyl (C=O) groups is 3. The van der Waals surface area contributed by atoms with Crippen molar-refractivity contribution in [3.63, 3.8) is 0 Å². The number of rotatable bonds is 9. The number of hydrogen-bond acceptors (Lipinski definition) is 5. The first-order valence-electron chi connectivity index (χ1n) is 9.24. The molecule has 0 N–H and O–H groups in total. The van der Waals surface area contributed by atoms with Crippen LogP contribution in [-0.2, 0) is 23.9 Å². The SMILES string of the molecule is CC/C=C\C[C@H]1C(=O)C=C[C@]1(CCCC[C@@H]1CCC(=O)O1)OC(C)=O. The van der Waals surface area contributed by atoms with E-state index in [1.807, 2.05) is 19.1 Å². The highest BCUT2D eigenvalue weighted by atomic mass is 16.6. The predicted molar refractivity (Wildman–Crippen MR) is 93.8 cm³/mol. The van der Waals surface area contributed by atoms with Gasteiger partial charge in [0.15, 0.2) is 5.78 Å². The van der Waals surface area contributed by atoms with Gasteiger partial charge in [0.1, 0.15) is 11.7 Å². The maximum atomic E-state index is 12.3. The quantitative estimate of drug-likeness (QED) is 0.361. The third kappa shape index (κ3) is 5.28. The van der Waals surface area contributed by atoms with Gasteiger partial charge in [0, 0.05) is 13.3 Å². The molecule has 1 heterocycles. The molecule has 5 heteroatoms. The van der Waals surface area contributed by atoms with Gasteiger partial charge in [-0.2, -0.15) is 0 Å². The summed E-state index contributed by atoms with van der Waals surface area (Å²) in [4.78, 5) is 35.0. The lowest BCUT2D eigenvalue weighted by Gasteiger charge is -2.33. The Morgan fingerprint density at radius 1 is 1.36 bits per heavy atom. The van der Waals surface area contributed by atoms with Crippen LogP contribution >= 0.6 is 0 Å². The number of ether oxygens (including phenoxy) is 2. The van der Waals surface area contributed by atoms with Crippen LogP contribution in [0.25, 0.3) is 0 Å². The van der Waals surface area contributed by atoms with Gasteiger partial charge in [-0.15, -0.1) is 0 Å². The molecule has 0 unspecified atom stereocenters. The molecule has 2 aliphatic rings. The molecule has 0 aromatic carbocycles. The first-order chi connectivity index (χ1) is 12.0. The van der Waals surface area contributed by atoms with E-state index in [0.29, 0.717) is 19.3 Å². The van der Waals surface area contributed by atoms with Crippen molar-refractivity contribution in [1.29, 1.82) is 0 Å². The number of ketones is 1. The predicted octanol–water partition coefficient (Wildman–Crippen LogP) is 3.67. The number of hydrogen-bond donors (Lipinski definition) is 0.